The molecule has 1 aliphatic rings. The molecule has 0 unspecified atom stereocenters. The normalized spacial score (nSPS) is 14.9. The minimum absolute atomic E-state index is 0.642. The quantitative estimate of drug-likeness (QED) is 0.775. The van der Waals surface area contributed by atoms with E-state index in [4.69, 9.17) is 14.2 Å². The molecule has 1 aliphatic heterocycles. The van der Waals surface area contributed by atoms with Crippen molar-refractivity contribution in [2.75, 3.05) is 52.4 Å². The average molecular weight is 370 g/mol. The molecule has 0 N–H and O–H groups in total. The first kappa shape index (κ1) is 19.4. The Morgan fingerprint density at radius 1 is 0.815 bits per heavy atom. The standard InChI is InChI=1S/C22H30N2O3/c1-16-7-6-8-17(2)21(16)24-11-9-23(10-12-24)15-18-13-19(25-3)22(27-5)20(14-18)26-4/h6-8,13-14H,9-12,15H2,1-5H3. The number of hydrogen-bond acceptors (Lipinski definition) is 5. The van der Waals surface area contributed by atoms with Gasteiger partial charge in [0.05, 0.1) is 21.3 Å². The maximum Gasteiger partial charge on any atom is 0.203 e. The molecule has 3 rings (SSSR count). The van der Waals surface area contributed by atoms with Gasteiger partial charge in [-0.25, -0.2) is 0 Å². The van der Waals surface area contributed by atoms with E-state index in [1.165, 1.54) is 22.4 Å². The number of methoxy groups -OCH3 is 3. The van der Waals surface area contributed by atoms with Crippen molar-refractivity contribution in [1.29, 1.82) is 0 Å². The van der Waals surface area contributed by atoms with Gasteiger partial charge in [-0.15, -0.1) is 0 Å². The summed E-state index contributed by atoms with van der Waals surface area (Å²) in [7, 11) is 4.95. The molecule has 27 heavy (non-hydrogen) atoms. The molecule has 2 aromatic carbocycles. The van der Waals surface area contributed by atoms with Gasteiger partial charge >= 0.3 is 0 Å². The third kappa shape index (κ3) is 4.14. The van der Waals surface area contributed by atoms with Gasteiger partial charge in [-0.1, -0.05) is 18.2 Å². The Labute approximate surface area is 162 Å². The molecular weight excluding hydrogens is 340 g/mol. The molecule has 0 aliphatic carbocycles. The molecule has 0 saturated carbocycles. The second kappa shape index (κ2) is 8.53. The molecular formula is C22H30N2O3. The molecule has 0 amide bonds. The Morgan fingerprint density at radius 3 is 1.85 bits per heavy atom. The summed E-state index contributed by atoms with van der Waals surface area (Å²) in [5.74, 6) is 2.06. The van der Waals surface area contributed by atoms with E-state index in [1.807, 2.05) is 12.1 Å². The van der Waals surface area contributed by atoms with Crippen LogP contribution in [0.4, 0.5) is 5.69 Å². The van der Waals surface area contributed by atoms with Crippen molar-refractivity contribution in [2.45, 2.75) is 20.4 Å². The lowest BCUT2D eigenvalue weighted by Gasteiger charge is -2.37. The zero-order chi connectivity index (χ0) is 19.4. The van der Waals surface area contributed by atoms with Crippen LogP contribution in [0.1, 0.15) is 16.7 Å². The van der Waals surface area contributed by atoms with E-state index >= 15 is 0 Å². The van der Waals surface area contributed by atoms with Gasteiger partial charge in [0.25, 0.3) is 0 Å². The van der Waals surface area contributed by atoms with Gasteiger partial charge < -0.3 is 19.1 Å². The van der Waals surface area contributed by atoms with Gasteiger partial charge in [0, 0.05) is 38.4 Å². The number of para-hydroxylation sites is 1. The first-order valence-corrected chi connectivity index (χ1v) is 9.39. The van der Waals surface area contributed by atoms with E-state index in [0.717, 1.165) is 32.7 Å². The van der Waals surface area contributed by atoms with Gasteiger partial charge in [-0.2, -0.15) is 0 Å². The Bertz CT molecular complexity index is 738. The first-order valence-electron chi connectivity index (χ1n) is 9.39. The van der Waals surface area contributed by atoms with Crippen LogP contribution in [0.25, 0.3) is 0 Å². The van der Waals surface area contributed by atoms with Crippen molar-refractivity contribution in [1.82, 2.24) is 4.90 Å². The minimum Gasteiger partial charge on any atom is -0.493 e. The number of ether oxygens (including phenoxy) is 3. The molecule has 0 bridgehead atoms. The predicted octanol–water partition coefficient (Wildman–Crippen LogP) is 3.65. The SMILES string of the molecule is COc1cc(CN2CCN(c3c(C)cccc3C)CC2)cc(OC)c1OC. The minimum atomic E-state index is 0.642. The second-order valence-corrected chi connectivity index (χ2v) is 7.04. The van der Waals surface area contributed by atoms with Crippen LogP contribution in [-0.4, -0.2) is 52.4 Å². The lowest BCUT2D eigenvalue weighted by Crippen LogP contribution is -2.46. The van der Waals surface area contributed by atoms with Crippen molar-refractivity contribution >= 4 is 5.69 Å². The van der Waals surface area contributed by atoms with E-state index in [1.54, 1.807) is 21.3 Å². The molecule has 0 spiro atoms. The van der Waals surface area contributed by atoms with Crippen molar-refractivity contribution in [3.63, 3.8) is 0 Å². The molecule has 2 aromatic rings. The van der Waals surface area contributed by atoms with Crippen LogP contribution in [-0.2, 0) is 6.54 Å². The Morgan fingerprint density at radius 2 is 1.37 bits per heavy atom. The largest absolute Gasteiger partial charge is 0.493 e. The Kier molecular flexibility index (Phi) is 6.11. The predicted molar refractivity (Wildman–Crippen MR) is 110 cm³/mol. The van der Waals surface area contributed by atoms with Crippen molar-refractivity contribution in [3.05, 3.63) is 47.0 Å². The Balaban J connectivity index is 1.69. The van der Waals surface area contributed by atoms with Crippen LogP contribution in [0, 0.1) is 13.8 Å². The van der Waals surface area contributed by atoms with Crippen molar-refractivity contribution in [2.24, 2.45) is 0 Å². The smallest absolute Gasteiger partial charge is 0.203 e. The number of nitrogens with zero attached hydrogens (tertiary/aromatic N) is 2. The third-order valence-electron chi connectivity index (χ3n) is 5.26. The number of rotatable bonds is 6. The summed E-state index contributed by atoms with van der Waals surface area (Å²) in [6, 6.07) is 10.6. The highest BCUT2D eigenvalue weighted by Gasteiger charge is 2.21. The van der Waals surface area contributed by atoms with Gasteiger partial charge in [-0.05, 0) is 42.7 Å². The molecule has 0 aromatic heterocycles. The second-order valence-electron chi connectivity index (χ2n) is 7.04. The molecule has 146 valence electrons. The molecule has 5 nitrogen and oxygen atoms in total. The highest BCUT2D eigenvalue weighted by Crippen LogP contribution is 2.38. The number of anilines is 1. The fraction of sp³-hybridized carbons (Fsp3) is 0.455. The summed E-state index contributed by atoms with van der Waals surface area (Å²) < 4.78 is 16.4. The van der Waals surface area contributed by atoms with Crippen LogP contribution in [0.2, 0.25) is 0 Å². The van der Waals surface area contributed by atoms with Gasteiger partial charge in [0.2, 0.25) is 5.75 Å². The summed E-state index contributed by atoms with van der Waals surface area (Å²) in [5, 5.41) is 0. The van der Waals surface area contributed by atoms with Crippen LogP contribution in [0.3, 0.4) is 0 Å². The summed E-state index contributed by atoms with van der Waals surface area (Å²) in [5.41, 5.74) is 5.27. The highest BCUT2D eigenvalue weighted by molar-refractivity contribution is 5.59. The third-order valence-corrected chi connectivity index (χ3v) is 5.26. The zero-order valence-electron chi connectivity index (χ0n) is 17.0. The highest BCUT2D eigenvalue weighted by atomic mass is 16.5. The van der Waals surface area contributed by atoms with Gasteiger partial charge in [-0.3, -0.25) is 4.90 Å². The van der Waals surface area contributed by atoms with Crippen LogP contribution < -0.4 is 19.1 Å². The number of hydrogen-bond donors (Lipinski definition) is 0. The van der Waals surface area contributed by atoms with E-state index in [2.05, 4.69) is 41.8 Å². The number of piperazine rings is 1. The molecule has 0 atom stereocenters. The lowest BCUT2D eigenvalue weighted by molar-refractivity contribution is 0.248. The zero-order valence-corrected chi connectivity index (χ0v) is 17.0. The lowest BCUT2D eigenvalue weighted by atomic mass is 10.1. The summed E-state index contributed by atoms with van der Waals surface area (Å²) in [6.07, 6.45) is 0. The van der Waals surface area contributed by atoms with Crippen LogP contribution in [0.5, 0.6) is 17.2 Å². The first-order chi connectivity index (χ1) is 13.1. The fourth-order valence-electron chi connectivity index (χ4n) is 3.92. The van der Waals surface area contributed by atoms with Gasteiger partial charge in [0.15, 0.2) is 11.5 Å². The number of benzene rings is 2. The Hall–Kier alpha value is -2.40. The van der Waals surface area contributed by atoms with E-state index in [-0.39, 0.29) is 0 Å². The fourth-order valence-corrected chi connectivity index (χ4v) is 3.92. The topological polar surface area (TPSA) is 34.2 Å². The molecule has 1 heterocycles. The van der Waals surface area contributed by atoms with E-state index < -0.39 is 0 Å². The summed E-state index contributed by atoms with van der Waals surface area (Å²) >= 11 is 0. The van der Waals surface area contributed by atoms with E-state index in [9.17, 15) is 0 Å². The molecule has 1 saturated heterocycles. The monoisotopic (exact) mass is 370 g/mol. The van der Waals surface area contributed by atoms with E-state index in [0.29, 0.717) is 17.2 Å². The average Bonchev–Trinajstić information content (AvgIpc) is 2.68. The maximum atomic E-state index is 5.48. The molecule has 1 fully saturated rings. The van der Waals surface area contributed by atoms with Crippen LogP contribution >= 0.6 is 0 Å². The summed E-state index contributed by atoms with van der Waals surface area (Å²) in [6.45, 7) is 9.41. The maximum absolute atomic E-state index is 5.48. The van der Waals surface area contributed by atoms with Crippen LogP contribution in [0.15, 0.2) is 30.3 Å². The summed E-state index contributed by atoms with van der Waals surface area (Å²) in [4.78, 5) is 4.99. The number of aryl methyl sites for hydroxylation is 2. The van der Waals surface area contributed by atoms with Crippen molar-refractivity contribution < 1.29 is 14.2 Å². The molecule has 5 heteroatoms. The van der Waals surface area contributed by atoms with Gasteiger partial charge in [0.1, 0.15) is 0 Å². The van der Waals surface area contributed by atoms with Crippen molar-refractivity contribution in [3.8, 4) is 17.2 Å². The molecule has 0 radical (unpaired) electrons.